The molecule has 0 bridgehead atoms. The number of carbonyl (C=O) groups excluding carboxylic acids is 2. The first-order valence-electron chi connectivity index (χ1n) is 4.60. The minimum absolute atomic E-state index is 0.0832. The number of aliphatic hydroxyl groups excluding tert-OH is 1. The summed E-state index contributed by atoms with van der Waals surface area (Å²) in [5.41, 5.74) is 0. The Kier molecular flexibility index (Phi) is 6.74. The summed E-state index contributed by atoms with van der Waals surface area (Å²) in [7, 11) is 1.27. The van der Waals surface area contributed by atoms with Gasteiger partial charge in [-0.2, -0.15) is 0 Å². The molecular weight excluding hydrogens is 186 g/mol. The first-order valence-corrected chi connectivity index (χ1v) is 4.60. The molecule has 0 rings (SSSR count). The van der Waals surface area contributed by atoms with Crippen LogP contribution in [0, 0.1) is 0 Å². The molecule has 2 N–H and O–H groups in total. The van der Waals surface area contributed by atoms with E-state index in [4.69, 9.17) is 5.11 Å². The van der Waals surface area contributed by atoms with E-state index in [9.17, 15) is 9.59 Å². The summed E-state index contributed by atoms with van der Waals surface area (Å²) in [5.74, 6) is -0.656. The zero-order chi connectivity index (χ0) is 11.0. The van der Waals surface area contributed by atoms with Gasteiger partial charge in [-0.15, -0.1) is 0 Å². The van der Waals surface area contributed by atoms with E-state index in [0.717, 1.165) is 0 Å². The fraction of sp³-hybridized carbons (Fsp3) is 0.778. The van der Waals surface area contributed by atoms with Crippen LogP contribution in [0.15, 0.2) is 0 Å². The number of ether oxygens (including phenoxy) is 1. The highest BCUT2D eigenvalue weighted by atomic mass is 16.5. The van der Waals surface area contributed by atoms with E-state index in [0.29, 0.717) is 19.3 Å². The molecule has 0 aliphatic heterocycles. The summed E-state index contributed by atoms with van der Waals surface area (Å²) in [5, 5.41) is 11.0. The van der Waals surface area contributed by atoms with Crippen molar-refractivity contribution >= 4 is 11.9 Å². The van der Waals surface area contributed by atoms with Gasteiger partial charge in [-0.25, -0.2) is 4.79 Å². The predicted octanol–water partition coefficient (Wildman–Crippen LogP) is -0.173. The van der Waals surface area contributed by atoms with Crippen LogP contribution in [0.25, 0.3) is 0 Å². The Bertz CT molecular complexity index is 193. The molecule has 0 aromatic heterocycles. The molecule has 82 valence electrons. The molecule has 0 aliphatic carbocycles. The summed E-state index contributed by atoms with van der Waals surface area (Å²) in [6.07, 6.45) is 1.54. The smallest absolute Gasteiger partial charge is 0.328 e. The molecular formula is C9H17NO4. The van der Waals surface area contributed by atoms with Gasteiger partial charge in [-0.1, -0.05) is 0 Å². The zero-order valence-electron chi connectivity index (χ0n) is 8.58. The van der Waals surface area contributed by atoms with Crippen LogP contribution in [-0.4, -0.2) is 36.7 Å². The topological polar surface area (TPSA) is 75.6 Å². The molecule has 14 heavy (non-hydrogen) atoms. The number of hydrogen-bond donors (Lipinski definition) is 2. The Hall–Kier alpha value is -1.10. The summed E-state index contributed by atoms with van der Waals surface area (Å²) >= 11 is 0. The molecule has 0 heterocycles. The molecule has 5 heteroatoms. The number of amides is 1. The number of nitrogens with one attached hydrogen (secondary N) is 1. The number of carbonyl (C=O) groups is 2. The third-order valence-corrected chi connectivity index (χ3v) is 1.74. The van der Waals surface area contributed by atoms with Gasteiger partial charge in [-0.3, -0.25) is 4.79 Å². The van der Waals surface area contributed by atoms with Gasteiger partial charge in [0.2, 0.25) is 5.91 Å². The summed E-state index contributed by atoms with van der Waals surface area (Å²) < 4.78 is 4.44. The molecule has 0 aliphatic rings. The lowest BCUT2D eigenvalue weighted by molar-refractivity contribution is -0.144. The lowest BCUT2D eigenvalue weighted by atomic mass is 10.2. The Labute approximate surface area is 83.4 Å². The maximum Gasteiger partial charge on any atom is 0.328 e. The van der Waals surface area contributed by atoms with Gasteiger partial charge in [0, 0.05) is 13.0 Å². The Morgan fingerprint density at radius 1 is 1.43 bits per heavy atom. The first-order chi connectivity index (χ1) is 6.61. The normalized spacial score (nSPS) is 11.9. The molecule has 0 fully saturated rings. The molecule has 1 unspecified atom stereocenters. The van der Waals surface area contributed by atoms with Crippen LogP contribution >= 0.6 is 0 Å². The van der Waals surface area contributed by atoms with Gasteiger partial charge in [0.15, 0.2) is 0 Å². The molecule has 1 amide bonds. The standard InChI is InChI=1S/C9H17NO4/c1-7(9(13)14-2)10-8(12)5-3-4-6-11/h7,11H,3-6H2,1-2H3,(H,10,12). The van der Waals surface area contributed by atoms with Gasteiger partial charge < -0.3 is 15.2 Å². The van der Waals surface area contributed by atoms with Crippen molar-refractivity contribution in [2.24, 2.45) is 0 Å². The van der Waals surface area contributed by atoms with Gasteiger partial charge >= 0.3 is 5.97 Å². The number of methoxy groups -OCH3 is 1. The number of rotatable bonds is 6. The summed E-state index contributed by atoms with van der Waals surface area (Å²) in [6.45, 7) is 1.65. The molecule has 0 radical (unpaired) electrons. The number of unbranched alkanes of at least 4 members (excludes halogenated alkanes) is 1. The predicted molar refractivity (Wildman–Crippen MR) is 50.6 cm³/mol. The monoisotopic (exact) mass is 203 g/mol. The first kappa shape index (κ1) is 12.9. The van der Waals surface area contributed by atoms with E-state index >= 15 is 0 Å². The zero-order valence-corrected chi connectivity index (χ0v) is 8.58. The third kappa shape index (κ3) is 5.53. The average Bonchev–Trinajstić information content (AvgIpc) is 2.16. The fourth-order valence-corrected chi connectivity index (χ4v) is 0.947. The fourth-order valence-electron chi connectivity index (χ4n) is 0.947. The number of hydrogen-bond acceptors (Lipinski definition) is 4. The van der Waals surface area contributed by atoms with E-state index in [-0.39, 0.29) is 12.5 Å². The van der Waals surface area contributed by atoms with Crippen LogP contribution in [0.4, 0.5) is 0 Å². The largest absolute Gasteiger partial charge is 0.467 e. The highest BCUT2D eigenvalue weighted by Crippen LogP contribution is 1.95. The van der Waals surface area contributed by atoms with Crippen LogP contribution < -0.4 is 5.32 Å². The van der Waals surface area contributed by atoms with Crippen molar-refractivity contribution in [3.05, 3.63) is 0 Å². The Balaban J connectivity index is 3.65. The van der Waals surface area contributed by atoms with E-state index in [1.54, 1.807) is 6.92 Å². The minimum Gasteiger partial charge on any atom is -0.467 e. The quantitative estimate of drug-likeness (QED) is 0.464. The molecule has 0 aromatic carbocycles. The number of aliphatic hydroxyl groups is 1. The molecule has 1 atom stereocenters. The van der Waals surface area contributed by atoms with Gasteiger partial charge in [0.05, 0.1) is 7.11 Å². The highest BCUT2D eigenvalue weighted by molar-refractivity contribution is 5.83. The minimum atomic E-state index is -0.610. The second-order valence-corrected chi connectivity index (χ2v) is 2.99. The van der Waals surface area contributed by atoms with E-state index in [2.05, 4.69) is 10.1 Å². The Morgan fingerprint density at radius 3 is 2.57 bits per heavy atom. The van der Waals surface area contributed by atoms with Crippen LogP contribution in [0.3, 0.4) is 0 Å². The SMILES string of the molecule is COC(=O)C(C)NC(=O)CCCCO. The maximum absolute atomic E-state index is 11.1. The van der Waals surface area contributed by atoms with Gasteiger partial charge in [0.1, 0.15) is 6.04 Å². The lowest BCUT2D eigenvalue weighted by Crippen LogP contribution is -2.39. The second kappa shape index (κ2) is 7.32. The van der Waals surface area contributed by atoms with Gasteiger partial charge in [0.25, 0.3) is 0 Å². The Morgan fingerprint density at radius 2 is 2.07 bits per heavy atom. The van der Waals surface area contributed by atoms with E-state index < -0.39 is 12.0 Å². The van der Waals surface area contributed by atoms with E-state index in [1.807, 2.05) is 0 Å². The van der Waals surface area contributed by atoms with Crippen molar-refractivity contribution in [2.75, 3.05) is 13.7 Å². The van der Waals surface area contributed by atoms with Crippen molar-refractivity contribution in [1.29, 1.82) is 0 Å². The van der Waals surface area contributed by atoms with Crippen LogP contribution in [0.5, 0.6) is 0 Å². The van der Waals surface area contributed by atoms with Crippen molar-refractivity contribution in [2.45, 2.75) is 32.2 Å². The number of esters is 1. The average molecular weight is 203 g/mol. The lowest BCUT2D eigenvalue weighted by Gasteiger charge is -2.10. The third-order valence-electron chi connectivity index (χ3n) is 1.74. The summed E-state index contributed by atoms with van der Waals surface area (Å²) in [4.78, 5) is 22.0. The maximum atomic E-state index is 11.1. The molecule has 0 spiro atoms. The van der Waals surface area contributed by atoms with Crippen LogP contribution in [0.1, 0.15) is 26.2 Å². The van der Waals surface area contributed by atoms with E-state index in [1.165, 1.54) is 7.11 Å². The van der Waals surface area contributed by atoms with Crippen molar-refractivity contribution < 1.29 is 19.4 Å². The van der Waals surface area contributed by atoms with Crippen molar-refractivity contribution in [1.82, 2.24) is 5.32 Å². The van der Waals surface area contributed by atoms with Crippen LogP contribution in [-0.2, 0) is 14.3 Å². The van der Waals surface area contributed by atoms with Crippen molar-refractivity contribution in [3.8, 4) is 0 Å². The van der Waals surface area contributed by atoms with Crippen LogP contribution in [0.2, 0.25) is 0 Å². The molecule has 0 saturated heterocycles. The van der Waals surface area contributed by atoms with Crippen molar-refractivity contribution in [3.63, 3.8) is 0 Å². The second-order valence-electron chi connectivity index (χ2n) is 2.99. The summed E-state index contributed by atoms with van der Waals surface area (Å²) in [6, 6.07) is -0.610. The molecule has 0 saturated carbocycles. The molecule has 0 aromatic rings. The molecule has 5 nitrogen and oxygen atoms in total. The van der Waals surface area contributed by atoms with Gasteiger partial charge in [-0.05, 0) is 19.8 Å². The highest BCUT2D eigenvalue weighted by Gasteiger charge is 2.14.